The summed E-state index contributed by atoms with van der Waals surface area (Å²) in [7, 11) is 0. The molecule has 3 saturated carbocycles. The Labute approximate surface area is 287 Å². The second-order valence-electron chi connectivity index (χ2n) is 16.4. The number of carbonyl (C=O) groups excluding carboxylic acids is 5. The van der Waals surface area contributed by atoms with Crippen LogP contribution in [0.4, 0.5) is 5.13 Å². The van der Waals surface area contributed by atoms with E-state index in [2.05, 4.69) is 29.5 Å². The Morgan fingerprint density at radius 1 is 1.08 bits per heavy atom. The number of anilines is 1. The topological polar surface area (TPSA) is 164 Å². The van der Waals surface area contributed by atoms with Crippen molar-refractivity contribution in [3.8, 4) is 0 Å². The molecule has 48 heavy (non-hydrogen) atoms. The smallest absolute Gasteiger partial charge is 0.287 e. The Bertz CT molecular complexity index is 1460. The fourth-order valence-corrected chi connectivity index (χ4v) is 10.0. The van der Waals surface area contributed by atoms with Gasteiger partial charge in [0.2, 0.25) is 23.5 Å². The van der Waals surface area contributed by atoms with Crippen molar-refractivity contribution in [3.05, 3.63) is 11.1 Å². The van der Waals surface area contributed by atoms with Gasteiger partial charge in [0.05, 0.1) is 31.4 Å². The lowest BCUT2D eigenvalue weighted by Gasteiger charge is -2.36. The molecule has 4 amide bonds. The van der Waals surface area contributed by atoms with Gasteiger partial charge in [0.15, 0.2) is 5.13 Å². The van der Waals surface area contributed by atoms with Crippen LogP contribution in [0.15, 0.2) is 5.38 Å². The molecule has 5 fully saturated rings. The van der Waals surface area contributed by atoms with E-state index < -0.39 is 41.1 Å². The number of aromatic nitrogens is 1. The summed E-state index contributed by atoms with van der Waals surface area (Å²) in [6, 6.07) is -2.50. The third-order valence-corrected chi connectivity index (χ3v) is 13.5. The van der Waals surface area contributed by atoms with Crippen molar-refractivity contribution in [3.63, 3.8) is 0 Å². The number of morpholine rings is 1. The fraction of sp³-hybridized carbons (Fsp3) is 0.771. The Morgan fingerprint density at radius 2 is 1.77 bits per heavy atom. The molecule has 264 valence electrons. The summed E-state index contributed by atoms with van der Waals surface area (Å²) in [6.07, 6.45) is 7.32. The van der Waals surface area contributed by atoms with Crippen molar-refractivity contribution >= 4 is 45.9 Å². The monoisotopic (exact) mass is 684 g/mol. The van der Waals surface area contributed by atoms with Crippen molar-refractivity contribution in [1.82, 2.24) is 20.1 Å². The first-order chi connectivity index (χ1) is 22.6. The highest BCUT2D eigenvalue weighted by molar-refractivity contribution is 7.13. The maximum atomic E-state index is 14.8. The number of nitrogens with two attached hydrogens (primary N) is 1. The van der Waals surface area contributed by atoms with Gasteiger partial charge in [0, 0.05) is 30.4 Å². The SMILES string of the molecule is CC(C)(C)[C@H](Nc1nc(CC(=O)N2CCOCC2)cs1)C(=O)N1C[C@]2(C[C@H]1C(=O)NC(CC1CCC1)C(=O)C(N)=O)C(C)(C)C21CCC1. The first kappa shape index (κ1) is 34.8. The van der Waals surface area contributed by atoms with Crippen LogP contribution in [0, 0.1) is 27.6 Å². The summed E-state index contributed by atoms with van der Waals surface area (Å²) >= 11 is 1.35. The number of Topliss-reactive ketones (excluding diaryl/α,β-unsaturated/α-hetero) is 1. The number of hydrogen-bond acceptors (Lipinski definition) is 9. The molecule has 1 unspecified atom stereocenters. The van der Waals surface area contributed by atoms with E-state index in [1.807, 2.05) is 26.2 Å². The summed E-state index contributed by atoms with van der Waals surface area (Å²) in [5, 5.41) is 8.67. The minimum atomic E-state index is -1.06. The number of carbonyl (C=O) groups is 5. The first-order valence-electron chi connectivity index (χ1n) is 17.6. The quantitative estimate of drug-likeness (QED) is 0.300. The van der Waals surface area contributed by atoms with Crippen LogP contribution in [0.5, 0.6) is 0 Å². The number of ketones is 1. The second kappa shape index (κ2) is 12.7. The van der Waals surface area contributed by atoms with Crippen LogP contribution >= 0.6 is 11.3 Å². The van der Waals surface area contributed by atoms with Crippen LogP contribution in [-0.2, 0) is 35.1 Å². The fourth-order valence-electron chi connectivity index (χ4n) is 9.27. The molecule has 0 radical (unpaired) electrons. The van der Waals surface area contributed by atoms with E-state index in [0.29, 0.717) is 56.5 Å². The zero-order chi connectivity index (χ0) is 34.6. The largest absolute Gasteiger partial charge is 0.378 e. The van der Waals surface area contributed by atoms with Crippen LogP contribution in [0.3, 0.4) is 0 Å². The number of thiazole rings is 1. The number of nitrogens with zero attached hydrogens (tertiary/aromatic N) is 3. The van der Waals surface area contributed by atoms with Gasteiger partial charge in [-0.15, -0.1) is 11.3 Å². The van der Waals surface area contributed by atoms with Gasteiger partial charge in [0.25, 0.3) is 5.91 Å². The Morgan fingerprint density at radius 3 is 2.31 bits per heavy atom. The van der Waals surface area contributed by atoms with E-state index in [9.17, 15) is 24.0 Å². The van der Waals surface area contributed by atoms with E-state index in [0.717, 1.165) is 38.5 Å². The highest BCUT2D eigenvalue weighted by Gasteiger charge is 2.85. The molecular formula is C35H52N6O6S. The normalized spacial score (nSPS) is 27.1. The van der Waals surface area contributed by atoms with Gasteiger partial charge in [-0.2, -0.15) is 0 Å². The summed E-state index contributed by atoms with van der Waals surface area (Å²) in [6.45, 7) is 13.1. The number of hydrogen-bond donors (Lipinski definition) is 3. The summed E-state index contributed by atoms with van der Waals surface area (Å²) in [5.74, 6) is -2.19. The van der Waals surface area contributed by atoms with Gasteiger partial charge in [0.1, 0.15) is 12.1 Å². The molecule has 0 aromatic carbocycles. The van der Waals surface area contributed by atoms with E-state index in [-0.39, 0.29) is 40.4 Å². The number of likely N-dealkylation sites (tertiary alicyclic amines) is 1. The maximum absolute atomic E-state index is 14.8. The van der Waals surface area contributed by atoms with Crippen LogP contribution in [-0.4, -0.2) is 95.2 Å². The summed E-state index contributed by atoms with van der Waals surface area (Å²) in [5.41, 5.74) is 5.34. The number of nitrogens with one attached hydrogen (secondary N) is 2. The predicted octanol–water partition coefficient (Wildman–Crippen LogP) is 2.90. The third kappa shape index (κ3) is 5.92. The zero-order valence-electron chi connectivity index (χ0n) is 29.1. The van der Waals surface area contributed by atoms with Crippen LogP contribution in [0.2, 0.25) is 0 Å². The molecule has 4 atom stereocenters. The summed E-state index contributed by atoms with van der Waals surface area (Å²) in [4.78, 5) is 74.9. The molecule has 1 aromatic heterocycles. The lowest BCUT2D eigenvalue weighted by Crippen LogP contribution is -2.57. The van der Waals surface area contributed by atoms with E-state index in [1.165, 1.54) is 11.3 Å². The van der Waals surface area contributed by atoms with E-state index in [1.54, 1.807) is 9.80 Å². The molecule has 2 saturated heterocycles. The number of amides is 4. The van der Waals surface area contributed by atoms with Crippen molar-refractivity contribution in [1.29, 1.82) is 0 Å². The highest BCUT2D eigenvalue weighted by atomic mass is 32.1. The molecular weight excluding hydrogens is 632 g/mol. The third-order valence-electron chi connectivity index (χ3n) is 12.7. The minimum absolute atomic E-state index is 0.00258. The van der Waals surface area contributed by atoms with Crippen molar-refractivity contribution in [2.24, 2.45) is 33.3 Å². The average molecular weight is 685 g/mol. The lowest BCUT2D eigenvalue weighted by atomic mass is 9.73. The van der Waals surface area contributed by atoms with E-state index >= 15 is 0 Å². The Hall–Kier alpha value is -3.06. The van der Waals surface area contributed by atoms with Crippen LogP contribution in [0.1, 0.15) is 91.7 Å². The number of fused-ring (bicyclic) bond motifs is 1. The predicted molar refractivity (Wildman–Crippen MR) is 181 cm³/mol. The molecule has 3 heterocycles. The molecule has 2 aliphatic heterocycles. The molecule has 6 rings (SSSR count). The van der Waals surface area contributed by atoms with Crippen molar-refractivity contribution < 1.29 is 28.7 Å². The van der Waals surface area contributed by atoms with Gasteiger partial charge in [-0.1, -0.05) is 60.3 Å². The zero-order valence-corrected chi connectivity index (χ0v) is 29.9. The molecule has 3 aliphatic carbocycles. The standard InChI is InChI=1S/C35H52N6O6S/c1-32(2,3)27(39-31-37-22(19-48-31)17-25(42)40-12-14-47-15-13-40)30(46)41-20-35(33(4,5)34(35)10-7-11-34)18-24(41)29(45)38-23(26(43)28(36)44)16-21-8-6-9-21/h19,21,23-24,27H,6-18,20H2,1-5H3,(H2,36,44)(H,37,39)(H,38,45)/t23?,24-,27+,35+/m0/s1. The van der Waals surface area contributed by atoms with Gasteiger partial charge in [-0.05, 0) is 47.8 Å². The number of primary amides is 1. The van der Waals surface area contributed by atoms with Gasteiger partial charge in [-0.25, -0.2) is 4.98 Å². The van der Waals surface area contributed by atoms with Gasteiger partial charge < -0.3 is 30.9 Å². The second-order valence-corrected chi connectivity index (χ2v) is 17.3. The number of rotatable bonds is 11. The minimum Gasteiger partial charge on any atom is -0.378 e. The Balaban J connectivity index is 1.23. The summed E-state index contributed by atoms with van der Waals surface area (Å²) < 4.78 is 5.36. The lowest BCUT2D eigenvalue weighted by molar-refractivity contribution is -0.142. The van der Waals surface area contributed by atoms with Crippen molar-refractivity contribution in [2.75, 3.05) is 38.2 Å². The first-order valence-corrected chi connectivity index (χ1v) is 18.5. The molecule has 12 nitrogen and oxygen atoms in total. The molecule has 1 aromatic rings. The van der Waals surface area contributed by atoms with E-state index in [4.69, 9.17) is 10.5 Å². The maximum Gasteiger partial charge on any atom is 0.287 e. The molecule has 5 aliphatic rings. The molecule has 0 bridgehead atoms. The highest BCUT2D eigenvalue weighted by Crippen LogP contribution is 2.88. The molecule has 4 N–H and O–H groups in total. The number of ether oxygens (including phenoxy) is 1. The average Bonchev–Trinajstić information content (AvgIpc) is 3.39. The van der Waals surface area contributed by atoms with Crippen LogP contribution in [0.25, 0.3) is 0 Å². The molecule has 13 heteroatoms. The molecule has 2 spiro atoms. The van der Waals surface area contributed by atoms with Gasteiger partial charge >= 0.3 is 0 Å². The Kier molecular flexibility index (Phi) is 9.19. The van der Waals surface area contributed by atoms with Crippen LogP contribution < -0.4 is 16.4 Å². The van der Waals surface area contributed by atoms with Crippen molar-refractivity contribution in [2.45, 2.75) is 111 Å². The van der Waals surface area contributed by atoms with Gasteiger partial charge in [-0.3, -0.25) is 24.0 Å².